The van der Waals surface area contributed by atoms with Crippen molar-refractivity contribution in [3.63, 3.8) is 0 Å². The molecule has 2 N–H and O–H groups in total. The lowest BCUT2D eigenvalue weighted by Crippen LogP contribution is -2.14. The summed E-state index contributed by atoms with van der Waals surface area (Å²) < 4.78 is 0. The Morgan fingerprint density at radius 2 is 2.32 bits per heavy atom. The van der Waals surface area contributed by atoms with Crippen molar-refractivity contribution in [3.8, 4) is 6.07 Å². The molecule has 0 spiro atoms. The molecule has 1 aromatic heterocycles. The lowest BCUT2D eigenvalue weighted by Gasteiger charge is -2.06. The van der Waals surface area contributed by atoms with E-state index in [4.69, 9.17) is 5.26 Å². The van der Waals surface area contributed by atoms with Crippen molar-refractivity contribution in [1.29, 1.82) is 5.26 Å². The molecule has 2 aromatic rings. The maximum atomic E-state index is 12.1. The van der Waals surface area contributed by atoms with E-state index in [1.807, 2.05) is 12.1 Å². The fraction of sp³-hybridized carbons (Fsp3) is 0.167. The Hall–Kier alpha value is -2.33. The topological polar surface area (TPSA) is 94.5 Å². The molecule has 0 bridgehead atoms. The van der Waals surface area contributed by atoms with Crippen LogP contribution in [-0.4, -0.2) is 26.8 Å². The summed E-state index contributed by atoms with van der Waals surface area (Å²) in [6.45, 7) is 1.75. The first-order valence-corrected chi connectivity index (χ1v) is 6.48. The Labute approximate surface area is 114 Å². The van der Waals surface area contributed by atoms with Crippen molar-refractivity contribution in [2.24, 2.45) is 0 Å². The maximum absolute atomic E-state index is 12.1. The summed E-state index contributed by atoms with van der Waals surface area (Å²) in [7, 11) is 0. The van der Waals surface area contributed by atoms with Crippen molar-refractivity contribution in [2.75, 3.05) is 11.1 Å². The van der Waals surface area contributed by atoms with Gasteiger partial charge in [0.25, 0.3) is 5.91 Å². The van der Waals surface area contributed by atoms with Crippen LogP contribution < -0.4 is 5.32 Å². The van der Waals surface area contributed by atoms with Gasteiger partial charge in [0.1, 0.15) is 5.82 Å². The van der Waals surface area contributed by atoms with Crippen LogP contribution >= 0.6 is 11.8 Å². The summed E-state index contributed by atoms with van der Waals surface area (Å²) >= 11 is 1.32. The van der Waals surface area contributed by atoms with Gasteiger partial charge in [-0.2, -0.15) is 10.2 Å². The van der Waals surface area contributed by atoms with Gasteiger partial charge in [0.05, 0.1) is 17.4 Å². The normalized spacial score (nSPS) is 9.89. The molecule has 0 aliphatic rings. The van der Waals surface area contributed by atoms with E-state index in [0.717, 1.165) is 4.90 Å². The largest absolute Gasteiger partial charge is 0.289 e. The van der Waals surface area contributed by atoms with E-state index in [0.29, 0.717) is 17.1 Å². The van der Waals surface area contributed by atoms with Crippen LogP contribution in [0.3, 0.4) is 0 Å². The quantitative estimate of drug-likeness (QED) is 0.831. The number of carbonyl (C=O) groups excluding carboxylic acids is 1. The van der Waals surface area contributed by atoms with E-state index in [2.05, 4.69) is 20.5 Å². The van der Waals surface area contributed by atoms with Gasteiger partial charge >= 0.3 is 0 Å². The lowest BCUT2D eigenvalue weighted by molar-refractivity contribution is 0.102. The zero-order valence-corrected chi connectivity index (χ0v) is 11.0. The molecule has 0 atom stereocenters. The number of aromatic nitrogens is 3. The maximum Gasteiger partial charge on any atom is 0.259 e. The third-order valence-electron chi connectivity index (χ3n) is 2.25. The molecular weight excluding hydrogens is 262 g/mol. The zero-order valence-electron chi connectivity index (χ0n) is 10.2. The molecule has 0 saturated carbocycles. The van der Waals surface area contributed by atoms with Gasteiger partial charge in [0.2, 0.25) is 5.95 Å². The molecule has 1 aromatic carbocycles. The van der Waals surface area contributed by atoms with Crippen LogP contribution in [0.2, 0.25) is 0 Å². The Kier molecular flexibility index (Phi) is 4.15. The molecule has 6 nitrogen and oxygen atoms in total. The highest BCUT2D eigenvalue weighted by Crippen LogP contribution is 2.22. The minimum atomic E-state index is -0.292. The number of rotatable bonds is 4. The Balaban J connectivity index is 2.16. The lowest BCUT2D eigenvalue weighted by atomic mass is 10.2. The van der Waals surface area contributed by atoms with Crippen LogP contribution in [0.4, 0.5) is 5.95 Å². The van der Waals surface area contributed by atoms with Gasteiger partial charge in [-0.25, -0.2) is 0 Å². The summed E-state index contributed by atoms with van der Waals surface area (Å²) in [4.78, 5) is 16.9. The van der Waals surface area contributed by atoms with E-state index >= 15 is 0 Å². The van der Waals surface area contributed by atoms with Gasteiger partial charge in [-0.15, -0.1) is 16.9 Å². The minimum Gasteiger partial charge on any atom is -0.289 e. The molecule has 0 aliphatic carbocycles. The van der Waals surface area contributed by atoms with Crippen LogP contribution in [0.5, 0.6) is 0 Å². The number of aryl methyl sites for hydroxylation is 1. The highest BCUT2D eigenvalue weighted by molar-refractivity contribution is 7.99. The molecule has 0 aliphatic heterocycles. The van der Waals surface area contributed by atoms with Gasteiger partial charge in [-0.05, 0) is 19.1 Å². The number of carbonyl (C=O) groups is 1. The van der Waals surface area contributed by atoms with E-state index < -0.39 is 0 Å². The van der Waals surface area contributed by atoms with Crippen LogP contribution in [0.15, 0.2) is 29.2 Å². The summed E-state index contributed by atoms with van der Waals surface area (Å²) in [5, 5.41) is 17.7. The first kappa shape index (κ1) is 13.1. The number of H-pyrrole nitrogens is 1. The predicted molar refractivity (Wildman–Crippen MR) is 71.9 cm³/mol. The third-order valence-corrected chi connectivity index (χ3v) is 3.19. The van der Waals surface area contributed by atoms with Gasteiger partial charge in [-0.1, -0.05) is 12.1 Å². The molecule has 7 heteroatoms. The molecule has 0 unspecified atom stereocenters. The number of nitrogens with one attached hydrogen (secondary N) is 2. The molecule has 2 rings (SSSR count). The second kappa shape index (κ2) is 6.02. The molecule has 0 radical (unpaired) electrons. The number of nitriles is 1. The van der Waals surface area contributed by atoms with Gasteiger partial charge in [0, 0.05) is 4.90 Å². The fourth-order valence-electron chi connectivity index (χ4n) is 1.46. The molecule has 0 saturated heterocycles. The molecule has 19 heavy (non-hydrogen) atoms. The minimum absolute atomic E-state index is 0.239. The SMILES string of the molecule is Cc1nc(NC(=O)c2ccccc2SCC#N)n[nH]1. The molecular formula is C12H11N5OS. The van der Waals surface area contributed by atoms with Crippen molar-refractivity contribution in [1.82, 2.24) is 15.2 Å². The van der Waals surface area contributed by atoms with Crippen molar-refractivity contribution in [2.45, 2.75) is 11.8 Å². The number of benzene rings is 1. The molecule has 1 heterocycles. The second-order valence-corrected chi connectivity index (χ2v) is 4.66. The molecule has 1 amide bonds. The average molecular weight is 273 g/mol. The highest BCUT2D eigenvalue weighted by atomic mass is 32.2. The number of nitrogens with zero attached hydrogens (tertiary/aromatic N) is 3. The first-order chi connectivity index (χ1) is 9.20. The van der Waals surface area contributed by atoms with Crippen molar-refractivity contribution in [3.05, 3.63) is 35.7 Å². The monoisotopic (exact) mass is 273 g/mol. The van der Waals surface area contributed by atoms with Gasteiger partial charge in [-0.3, -0.25) is 15.2 Å². The predicted octanol–water partition coefficient (Wildman–Crippen LogP) is 1.98. The second-order valence-electron chi connectivity index (χ2n) is 3.64. The number of hydrogen-bond donors (Lipinski definition) is 2. The number of hydrogen-bond acceptors (Lipinski definition) is 5. The van der Waals surface area contributed by atoms with E-state index in [1.54, 1.807) is 25.1 Å². The standard InChI is InChI=1S/C12H11N5OS/c1-8-14-12(17-16-8)15-11(18)9-4-2-3-5-10(9)19-7-6-13/h2-5H,7H2,1H3,(H2,14,15,16,17,18). The number of thioether (sulfide) groups is 1. The van der Waals surface area contributed by atoms with Crippen molar-refractivity contribution < 1.29 is 4.79 Å². The van der Waals surface area contributed by atoms with E-state index in [-0.39, 0.29) is 11.9 Å². The molecule has 0 fully saturated rings. The first-order valence-electron chi connectivity index (χ1n) is 5.50. The van der Waals surface area contributed by atoms with Crippen LogP contribution in [0.1, 0.15) is 16.2 Å². The Morgan fingerprint density at radius 1 is 1.53 bits per heavy atom. The number of anilines is 1. The van der Waals surface area contributed by atoms with Gasteiger partial charge < -0.3 is 0 Å². The molecule has 96 valence electrons. The fourth-order valence-corrected chi connectivity index (χ4v) is 2.17. The van der Waals surface area contributed by atoms with E-state index in [9.17, 15) is 4.79 Å². The number of amides is 1. The van der Waals surface area contributed by atoms with Gasteiger partial charge in [0.15, 0.2) is 0 Å². The smallest absolute Gasteiger partial charge is 0.259 e. The van der Waals surface area contributed by atoms with Crippen LogP contribution in [-0.2, 0) is 0 Å². The van der Waals surface area contributed by atoms with Crippen LogP contribution in [0.25, 0.3) is 0 Å². The summed E-state index contributed by atoms with van der Waals surface area (Å²) in [5.41, 5.74) is 0.505. The number of aromatic amines is 1. The summed E-state index contributed by atoms with van der Waals surface area (Å²) in [6.07, 6.45) is 0. The third kappa shape index (κ3) is 3.33. The highest BCUT2D eigenvalue weighted by Gasteiger charge is 2.13. The van der Waals surface area contributed by atoms with E-state index in [1.165, 1.54) is 11.8 Å². The van der Waals surface area contributed by atoms with Crippen molar-refractivity contribution >= 4 is 23.6 Å². The Morgan fingerprint density at radius 3 is 3.00 bits per heavy atom. The average Bonchev–Trinajstić information content (AvgIpc) is 2.82. The zero-order chi connectivity index (χ0) is 13.7. The van der Waals surface area contributed by atoms with Crippen LogP contribution in [0, 0.1) is 18.3 Å². The Bertz CT molecular complexity index is 631. The summed E-state index contributed by atoms with van der Waals surface area (Å²) in [6, 6.07) is 9.14. The summed E-state index contributed by atoms with van der Waals surface area (Å²) in [5.74, 6) is 0.870.